The molecular weight excluding hydrogens is 268 g/mol. The first kappa shape index (κ1) is 17.3. The van der Waals surface area contributed by atoms with E-state index in [9.17, 15) is 9.13 Å². The highest BCUT2D eigenvalue weighted by Gasteiger charge is 2.43. The Hall–Kier alpha value is 0.260. The molecule has 1 atom stereocenters. The van der Waals surface area contributed by atoms with Crippen molar-refractivity contribution in [2.24, 2.45) is 5.73 Å². The zero-order valence-corrected chi connectivity index (χ0v) is 11.6. The minimum atomic E-state index is -4.83. The first-order valence-electron chi connectivity index (χ1n) is 5.45. The van der Waals surface area contributed by atoms with Gasteiger partial charge >= 0.3 is 15.2 Å². The van der Waals surface area contributed by atoms with E-state index < -0.39 is 26.6 Å². The summed E-state index contributed by atoms with van der Waals surface area (Å²) in [4.78, 5) is 35.6. The standard InChI is InChI=1S/C8H21NO6P2/c1-2-3-4-5-7(9)6-8(16(10,11)12)17(13,14)15/h7-8H,2-6,9H2,1H3,(H2,10,11,12)(H2,13,14,15). The van der Waals surface area contributed by atoms with Crippen molar-refractivity contribution >= 4 is 15.2 Å². The van der Waals surface area contributed by atoms with Crippen LogP contribution in [0.5, 0.6) is 0 Å². The third-order valence-electron chi connectivity index (χ3n) is 2.47. The van der Waals surface area contributed by atoms with Gasteiger partial charge in [0, 0.05) is 6.04 Å². The van der Waals surface area contributed by atoms with Crippen LogP contribution < -0.4 is 5.73 Å². The fourth-order valence-corrected chi connectivity index (χ4v) is 4.17. The summed E-state index contributed by atoms with van der Waals surface area (Å²) in [6.07, 6.45) is 2.84. The lowest BCUT2D eigenvalue weighted by atomic mass is 10.1. The predicted octanol–water partition coefficient (Wildman–Crippen LogP) is 0.966. The quantitative estimate of drug-likeness (QED) is 0.331. The maximum Gasteiger partial charge on any atom is 0.340 e. The van der Waals surface area contributed by atoms with Gasteiger partial charge in [-0.15, -0.1) is 0 Å². The molecule has 0 saturated heterocycles. The molecule has 0 amide bonds. The second-order valence-corrected chi connectivity index (χ2v) is 8.16. The number of rotatable bonds is 8. The summed E-state index contributed by atoms with van der Waals surface area (Å²) in [6.45, 7) is 2.00. The summed E-state index contributed by atoms with van der Waals surface area (Å²) in [5, 5.41) is -1.98. The number of hydrogen-bond acceptors (Lipinski definition) is 3. The second-order valence-electron chi connectivity index (χ2n) is 4.15. The van der Waals surface area contributed by atoms with Gasteiger partial charge in [0.05, 0.1) is 0 Å². The van der Waals surface area contributed by atoms with Gasteiger partial charge in [0.15, 0.2) is 5.40 Å². The molecule has 6 N–H and O–H groups in total. The van der Waals surface area contributed by atoms with Gasteiger partial charge in [0.1, 0.15) is 0 Å². The molecule has 0 aromatic rings. The average Bonchev–Trinajstić information content (AvgIpc) is 2.11. The zero-order valence-electron chi connectivity index (χ0n) is 9.77. The van der Waals surface area contributed by atoms with Crippen LogP contribution in [0.4, 0.5) is 0 Å². The minimum absolute atomic E-state index is 0.363. The van der Waals surface area contributed by atoms with Gasteiger partial charge in [0.25, 0.3) is 0 Å². The first-order chi connectivity index (χ1) is 7.59. The van der Waals surface area contributed by atoms with E-state index in [1.165, 1.54) is 0 Å². The highest BCUT2D eigenvalue weighted by atomic mass is 31.2. The molecular formula is C8H21NO6P2. The van der Waals surface area contributed by atoms with Gasteiger partial charge in [-0.3, -0.25) is 9.13 Å². The van der Waals surface area contributed by atoms with Gasteiger partial charge in [-0.05, 0) is 12.8 Å². The van der Waals surface area contributed by atoms with E-state index in [2.05, 4.69) is 0 Å². The van der Waals surface area contributed by atoms with Gasteiger partial charge in [0.2, 0.25) is 0 Å². The van der Waals surface area contributed by atoms with Crippen LogP contribution in [0, 0.1) is 0 Å². The van der Waals surface area contributed by atoms with Crippen molar-refractivity contribution in [2.45, 2.75) is 50.5 Å². The van der Waals surface area contributed by atoms with E-state index in [1.54, 1.807) is 0 Å². The molecule has 0 aliphatic carbocycles. The fraction of sp³-hybridized carbons (Fsp3) is 1.00. The molecule has 7 nitrogen and oxygen atoms in total. The van der Waals surface area contributed by atoms with Gasteiger partial charge in [-0.2, -0.15) is 0 Å². The maximum absolute atomic E-state index is 11.0. The fourth-order valence-electron chi connectivity index (χ4n) is 1.52. The first-order valence-corrected chi connectivity index (χ1v) is 8.81. The number of hydrogen-bond donors (Lipinski definition) is 5. The molecule has 0 aliphatic rings. The summed E-state index contributed by atoms with van der Waals surface area (Å²) in [5.74, 6) is 0. The van der Waals surface area contributed by atoms with E-state index in [4.69, 9.17) is 25.3 Å². The topological polar surface area (TPSA) is 141 Å². The van der Waals surface area contributed by atoms with Gasteiger partial charge in [-0.1, -0.05) is 26.2 Å². The smallest absolute Gasteiger partial charge is 0.328 e. The van der Waals surface area contributed by atoms with Crippen LogP contribution in [0.2, 0.25) is 0 Å². The summed E-state index contributed by atoms with van der Waals surface area (Å²) in [7, 11) is -9.67. The Labute approximate surface area is 101 Å². The van der Waals surface area contributed by atoms with Crippen molar-refractivity contribution in [1.82, 2.24) is 0 Å². The monoisotopic (exact) mass is 289 g/mol. The Morgan fingerprint density at radius 1 is 1.06 bits per heavy atom. The SMILES string of the molecule is CCCCCC(N)CC(P(=O)(O)O)P(=O)(O)O. The summed E-state index contributed by atoms with van der Waals surface area (Å²) < 4.78 is 22.0. The Bertz CT molecular complexity index is 289. The van der Waals surface area contributed by atoms with E-state index in [-0.39, 0.29) is 6.42 Å². The zero-order chi connectivity index (χ0) is 13.7. The van der Waals surface area contributed by atoms with Crippen LogP contribution in [-0.2, 0) is 9.13 Å². The van der Waals surface area contributed by atoms with Crippen molar-refractivity contribution in [3.63, 3.8) is 0 Å². The third kappa shape index (κ3) is 7.32. The summed E-state index contributed by atoms with van der Waals surface area (Å²) in [6, 6.07) is -0.605. The van der Waals surface area contributed by atoms with Crippen LogP contribution in [0.1, 0.15) is 39.0 Å². The molecule has 9 heteroatoms. The molecule has 1 unspecified atom stereocenters. The summed E-state index contributed by atoms with van der Waals surface area (Å²) >= 11 is 0. The molecule has 0 aliphatic heterocycles. The number of nitrogens with two attached hydrogens (primary N) is 1. The molecule has 0 fully saturated rings. The Kier molecular flexibility index (Phi) is 7.11. The second kappa shape index (κ2) is 7.00. The van der Waals surface area contributed by atoms with E-state index in [0.717, 1.165) is 19.3 Å². The van der Waals surface area contributed by atoms with Crippen LogP contribution in [-0.4, -0.2) is 31.0 Å². The Balaban J connectivity index is 4.47. The molecule has 104 valence electrons. The highest BCUT2D eigenvalue weighted by Crippen LogP contribution is 2.61. The van der Waals surface area contributed by atoms with E-state index in [0.29, 0.717) is 6.42 Å². The van der Waals surface area contributed by atoms with Crippen molar-refractivity contribution in [3.8, 4) is 0 Å². The van der Waals surface area contributed by atoms with Gasteiger partial charge < -0.3 is 25.3 Å². The normalized spacial score (nSPS) is 15.2. The molecule has 0 heterocycles. The van der Waals surface area contributed by atoms with Crippen LogP contribution in [0.25, 0.3) is 0 Å². The average molecular weight is 289 g/mol. The molecule has 17 heavy (non-hydrogen) atoms. The van der Waals surface area contributed by atoms with E-state index >= 15 is 0 Å². The summed E-state index contributed by atoms with van der Waals surface area (Å²) in [5.41, 5.74) is 5.62. The number of unbranched alkanes of at least 4 members (excludes halogenated alkanes) is 2. The molecule has 0 aromatic heterocycles. The lowest BCUT2D eigenvalue weighted by Crippen LogP contribution is -2.26. The maximum atomic E-state index is 11.0. The van der Waals surface area contributed by atoms with Crippen LogP contribution in [0.3, 0.4) is 0 Å². The van der Waals surface area contributed by atoms with Crippen LogP contribution >= 0.6 is 15.2 Å². The highest BCUT2D eigenvalue weighted by molar-refractivity contribution is 7.70. The lowest BCUT2D eigenvalue weighted by molar-refractivity contribution is 0.329. The third-order valence-corrected chi connectivity index (χ3v) is 6.25. The van der Waals surface area contributed by atoms with Gasteiger partial charge in [-0.25, -0.2) is 0 Å². The molecule has 0 aromatic carbocycles. The lowest BCUT2D eigenvalue weighted by Gasteiger charge is -2.22. The molecule has 0 rings (SSSR count). The molecule has 0 radical (unpaired) electrons. The van der Waals surface area contributed by atoms with Crippen molar-refractivity contribution in [1.29, 1.82) is 0 Å². The van der Waals surface area contributed by atoms with Crippen LogP contribution in [0.15, 0.2) is 0 Å². The van der Waals surface area contributed by atoms with Crippen molar-refractivity contribution in [3.05, 3.63) is 0 Å². The van der Waals surface area contributed by atoms with Crippen molar-refractivity contribution < 1.29 is 28.7 Å². The Morgan fingerprint density at radius 2 is 1.53 bits per heavy atom. The molecule has 0 saturated carbocycles. The molecule has 0 spiro atoms. The minimum Gasteiger partial charge on any atom is -0.328 e. The van der Waals surface area contributed by atoms with E-state index in [1.807, 2.05) is 6.92 Å². The molecule has 0 bridgehead atoms. The van der Waals surface area contributed by atoms with Crippen molar-refractivity contribution in [2.75, 3.05) is 0 Å². The largest absolute Gasteiger partial charge is 0.340 e. The predicted molar refractivity (Wildman–Crippen MR) is 64.6 cm³/mol. The Morgan fingerprint density at radius 3 is 1.88 bits per heavy atom.